The average molecular weight is 272 g/mol. The first-order valence-electron chi connectivity index (χ1n) is 5.26. The number of rotatable bonds is 4. The van der Waals surface area contributed by atoms with Crippen LogP contribution in [0.4, 0.5) is 0 Å². The summed E-state index contributed by atoms with van der Waals surface area (Å²) in [5.74, 6) is -7.95. The fraction of sp³-hybridized carbons (Fsp3) is 0.455. The Hall–Kier alpha value is -2.38. The first-order valence-corrected chi connectivity index (χ1v) is 5.26. The van der Waals surface area contributed by atoms with Crippen LogP contribution in [-0.4, -0.2) is 44.3 Å². The zero-order valence-electron chi connectivity index (χ0n) is 9.91. The van der Waals surface area contributed by atoms with Gasteiger partial charge >= 0.3 is 23.9 Å². The molecular weight excluding hydrogens is 260 g/mol. The van der Waals surface area contributed by atoms with Gasteiger partial charge in [0.25, 0.3) is 0 Å². The Morgan fingerprint density at radius 2 is 1.37 bits per heavy atom. The summed E-state index contributed by atoms with van der Waals surface area (Å²) in [6, 6.07) is 0. The van der Waals surface area contributed by atoms with Crippen molar-refractivity contribution >= 4 is 23.9 Å². The van der Waals surface area contributed by atoms with Crippen molar-refractivity contribution in [2.24, 2.45) is 10.8 Å². The van der Waals surface area contributed by atoms with Crippen LogP contribution in [0.2, 0.25) is 0 Å². The minimum atomic E-state index is -3.01. The van der Waals surface area contributed by atoms with E-state index < -0.39 is 41.1 Å². The van der Waals surface area contributed by atoms with Crippen LogP contribution < -0.4 is 0 Å². The molecule has 0 saturated carbocycles. The smallest absolute Gasteiger partial charge is 0.327 e. The molecule has 0 aliphatic heterocycles. The summed E-state index contributed by atoms with van der Waals surface area (Å²) in [5, 5.41) is 36.8. The summed E-state index contributed by atoms with van der Waals surface area (Å²) in [7, 11) is 0. The molecule has 8 nitrogen and oxygen atoms in total. The van der Waals surface area contributed by atoms with E-state index in [1.54, 1.807) is 0 Å². The van der Waals surface area contributed by atoms with Crippen LogP contribution in [-0.2, 0) is 19.2 Å². The lowest BCUT2D eigenvalue weighted by atomic mass is 9.55. The van der Waals surface area contributed by atoms with Gasteiger partial charge in [-0.05, 0) is 25.3 Å². The van der Waals surface area contributed by atoms with E-state index in [2.05, 4.69) is 0 Å². The van der Waals surface area contributed by atoms with E-state index in [1.807, 2.05) is 0 Å². The number of carbonyl (C=O) groups is 4. The summed E-state index contributed by atoms with van der Waals surface area (Å²) in [5.41, 5.74) is -6.24. The van der Waals surface area contributed by atoms with E-state index in [-0.39, 0.29) is 12.0 Å². The van der Waals surface area contributed by atoms with E-state index >= 15 is 0 Å². The maximum absolute atomic E-state index is 11.4. The minimum Gasteiger partial charge on any atom is -0.480 e. The van der Waals surface area contributed by atoms with Crippen molar-refractivity contribution in [3.05, 3.63) is 11.6 Å². The quantitative estimate of drug-likeness (QED) is 0.413. The molecule has 8 heteroatoms. The fourth-order valence-electron chi connectivity index (χ4n) is 2.60. The molecular formula is C11H12O8. The molecule has 0 atom stereocenters. The average Bonchev–Trinajstić information content (AvgIpc) is 2.26. The van der Waals surface area contributed by atoms with Crippen LogP contribution in [0, 0.1) is 10.8 Å². The van der Waals surface area contributed by atoms with Crippen LogP contribution >= 0.6 is 0 Å². The van der Waals surface area contributed by atoms with E-state index in [4.69, 9.17) is 0 Å². The summed E-state index contributed by atoms with van der Waals surface area (Å²) in [4.78, 5) is 45.5. The van der Waals surface area contributed by atoms with Gasteiger partial charge in [0.05, 0.1) is 0 Å². The molecule has 0 unspecified atom stereocenters. The van der Waals surface area contributed by atoms with Gasteiger partial charge in [-0.2, -0.15) is 0 Å². The summed E-state index contributed by atoms with van der Waals surface area (Å²) < 4.78 is 0. The van der Waals surface area contributed by atoms with Crippen LogP contribution in [0.25, 0.3) is 0 Å². The number of aliphatic carboxylic acids is 4. The van der Waals surface area contributed by atoms with Crippen LogP contribution in [0.1, 0.15) is 19.8 Å². The Kier molecular flexibility index (Phi) is 3.38. The highest BCUT2D eigenvalue weighted by molar-refractivity contribution is 6.15. The normalized spacial score (nSPS) is 20.2. The molecule has 0 radical (unpaired) electrons. The molecule has 0 fully saturated rings. The second-order valence-electron chi connectivity index (χ2n) is 4.30. The lowest BCUT2D eigenvalue weighted by molar-refractivity contribution is -0.193. The topological polar surface area (TPSA) is 149 Å². The highest BCUT2D eigenvalue weighted by Crippen LogP contribution is 2.52. The number of hydrogen-bond donors (Lipinski definition) is 4. The van der Waals surface area contributed by atoms with Gasteiger partial charge in [-0.25, -0.2) is 0 Å². The number of hydrogen-bond acceptors (Lipinski definition) is 4. The molecule has 0 heterocycles. The third-order valence-electron chi connectivity index (χ3n) is 3.57. The molecule has 1 aliphatic rings. The Morgan fingerprint density at radius 1 is 0.947 bits per heavy atom. The van der Waals surface area contributed by atoms with Crippen molar-refractivity contribution < 1.29 is 39.6 Å². The predicted octanol–water partition coefficient (Wildman–Crippen LogP) is 0.0377. The highest BCUT2D eigenvalue weighted by atomic mass is 16.4. The SMILES string of the molecule is CC1=CCCC(C(=O)O)(C(=O)O)C1(C(=O)O)C(=O)O. The Bertz CT molecular complexity index is 473. The summed E-state index contributed by atoms with van der Waals surface area (Å²) in [6.45, 7) is 1.11. The maximum Gasteiger partial charge on any atom is 0.327 e. The number of carboxylic acid groups (broad SMARTS) is 4. The van der Waals surface area contributed by atoms with Gasteiger partial charge in [-0.1, -0.05) is 6.08 Å². The minimum absolute atomic E-state index is 0.0211. The Balaban J connectivity index is 3.84. The zero-order valence-corrected chi connectivity index (χ0v) is 9.91. The van der Waals surface area contributed by atoms with Crippen LogP contribution in [0.3, 0.4) is 0 Å². The van der Waals surface area contributed by atoms with Gasteiger partial charge in [0.1, 0.15) is 0 Å². The highest BCUT2D eigenvalue weighted by Gasteiger charge is 2.72. The molecule has 0 saturated heterocycles. The molecule has 19 heavy (non-hydrogen) atoms. The monoisotopic (exact) mass is 272 g/mol. The predicted molar refractivity (Wildman–Crippen MR) is 58.4 cm³/mol. The van der Waals surface area contributed by atoms with Crippen molar-refractivity contribution in [1.82, 2.24) is 0 Å². The van der Waals surface area contributed by atoms with Crippen molar-refractivity contribution in [3.8, 4) is 0 Å². The van der Waals surface area contributed by atoms with Crippen LogP contribution in [0.5, 0.6) is 0 Å². The van der Waals surface area contributed by atoms with Gasteiger partial charge in [0.15, 0.2) is 5.41 Å². The molecule has 1 aliphatic carbocycles. The van der Waals surface area contributed by atoms with E-state index in [1.165, 1.54) is 6.08 Å². The number of allylic oxidation sites excluding steroid dienone is 1. The third-order valence-corrected chi connectivity index (χ3v) is 3.57. The molecule has 0 aromatic carbocycles. The lowest BCUT2D eigenvalue weighted by Gasteiger charge is -2.41. The molecule has 104 valence electrons. The van der Waals surface area contributed by atoms with Gasteiger partial charge in [-0.15, -0.1) is 0 Å². The van der Waals surface area contributed by atoms with Gasteiger partial charge < -0.3 is 20.4 Å². The molecule has 0 aromatic heterocycles. The molecule has 0 bridgehead atoms. The second kappa shape index (κ2) is 4.38. The third kappa shape index (κ3) is 1.52. The Labute approximate surface area is 107 Å². The van der Waals surface area contributed by atoms with E-state index in [0.29, 0.717) is 0 Å². The summed E-state index contributed by atoms with van der Waals surface area (Å²) in [6.07, 6.45) is 0.618. The molecule has 0 spiro atoms. The molecule has 4 N–H and O–H groups in total. The van der Waals surface area contributed by atoms with Crippen molar-refractivity contribution in [2.75, 3.05) is 0 Å². The lowest BCUT2D eigenvalue weighted by Crippen LogP contribution is -2.62. The second-order valence-corrected chi connectivity index (χ2v) is 4.30. The van der Waals surface area contributed by atoms with Crippen molar-refractivity contribution in [3.63, 3.8) is 0 Å². The zero-order chi connectivity index (χ0) is 15.0. The standard InChI is InChI=1S/C11H12O8/c1-5-3-2-4-10(6(12)13,7(14)15)11(5,8(16)17)9(18)19/h3H,2,4H2,1H3,(H,12,13)(H,14,15)(H,16,17)(H,18,19). The van der Waals surface area contributed by atoms with Crippen molar-refractivity contribution in [1.29, 1.82) is 0 Å². The molecule has 0 amide bonds. The molecule has 1 rings (SSSR count). The molecule has 0 aromatic rings. The fourth-order valence-corrected chi connectivity index (χ4v) is 2.60. The maximum atomic E-state index is 11.4. The van der Waals surface area contributed by atoms with E-state index in [9.17, 15) is 39.6 Å². The van der Waals surface area contributed by atoms with Crippen molar-refractivity contribution in [2.45, 2.75) is 19.8 Å². The van der Waals surface area contributed by atoms with Crippen LogP contribution in [0.15, 0.2) is 11.6 Å². The van der Waals surface area contributed by atoms with Gasteiger partial charge in [-0.3, -0.25) is 19.2 Å². The first kappa shape index (κ1) is 14.7. The first-order chi connectivity index (χ1) is 8.65. The number of carboxylic acids is 4. The van der Waals surface area contributed by atoms with Gasteiger partial charge in [0.2, 0.25) is 5.41 Å². The summed E-state index contributed by atoms with van der Waals surface area (Å²) >= 11 is 0. The van der Waals surface area contributed by atoms with E-state index in [0.717, 1.165) is 6.92 Å². The largest absolute Gasteiger partial charge is 0.480 e. The van der Waals surface area contributed by atoms with Gasteiger partial charge in [0, 0.05) is 0 Å². The Morgan fingerprint density at radius 3 is 1.63 bits per heavy atom.